The van der Waals surface area contributed by atoms with Gasteiger partial charge in [-0.3, -0.25) is 4.79 Å². The van der Waals surface area contributed by atoms with Gasteiger partial charge in [-0.2, -0.15) is 0 Å². The Morgan fingerprint density at radius 1 is 1.23 bits per heavy atom. The standard InChI is InChI=1S/C20H22ClN3OS/c1-13(15-7-6-8-16(21)11-15)22-12-19(25)24(3)14(2)20-23-17-9-4-5-10-18(17)26-20/h4-11,13-14,22H,12H2,1-3H3/t13-,14+/m1/s1. The van der Waals surface area contributed by atoms with Crippen molar-refractivity contribution in [2.45, 2.75) is 25.9 Å². The number of hydrogen-bond acceptors (Lipinski definition) is 4. The van der Waals surface area contributed by atoms with E-state index < -0.39 is 0 Å². The molecule has 0 aliphatic heterocycles. The summed E-state index contributed by atoms with van der Waals surface area (Å²) >= 11 is 7.67. The van der Waals surface area contributed by atoms with Gasteiger partial charge in [-0.15, -0.1) is 11.3 Å². The molecule has 0 aliphatic rings. The second-order valence-corrected chi connectivity index (χ2v) is 7.86. The summed E-state index contributed by atoms with van der Waals surface area (Å²) in [4.78, 5) is 19.0. The number of likely N-dealkylation sites (N-methyl/N-ethyl adjacent to an activating group) is 1. The molecule has 0 radical (unpaired) electrons. The van der Waals surface area contributed by atoms with E-state index in [1.165, 1.54) is 0 Å². The van der Waals surface area contributed by atoms with Crippen molar-refractivity contribution in [2.75, 3.05) is 13.6 Å². The number of carbonyl (C=O) groups is 1. The third kappa shape index (κ3) is 4.23. The second-order valence-electron chi connectivity index (χ2n) is 6.36. The van der Waals surface area contributed by atoms with Gasteiger partial charge in [-0.05, 0) is 43.7 Å². The van der Waals surface area contributed by atoms with E-state index >= 15 is 0 Å². The first-order chi connectivity index (χ1) is 12.5. The number of halogens is 1. The number of benzene rings is 2. The van der Waals surface area contributed by atoms with Gasteiger partial charge in [-0.25, -0.2) is 4.98 Å². The summed E-state index contributed by atoms with van der Waals surface area (Å²) in [6, 6.07) is 15.7. The highest BCUT2D eigenvalue weighted by molar-refractivity contribution is 7.18. The fourth-order valence-corrected chi connectivity index (χ4v) is 3.97. The molecular weight excluding hydrogens is 366 g/mol. The fourth-order valence-electron chi connectivity index (χ4n) is 2.71. The van der Waals surface area contributed by atoms with Crippen molar-refractivity contribution in [3.8, 4) is 0 Å². The summed E-state index contributed by atoms with van der Waals surface area (Å²) in [5, 5.41) is 4.92. The van der Waals surface area contributed by atoms with Crippen LogP contribution >= 0.6 is 22.9 Å². The molecule has 1 aromatic heterocycles. The summed E-state index contributed by atoms with van der Waals surface area (Å²) < 4.78 is 1.14. The first kappa shape index (κ1) is 18.8. The molecule has 1 N–H and O–H groups in total. The van der Waals surface area contributed by atoms with Gasteiger partial charge in [0.25, 0.3) is 0 Å². The first-order valence-electron chi connectivity index (χ1n) is 8.55. The quantitative estimate of drug-likeness (QED) is 0.659. The molecule has 1 amide bonds. The monoisotopic (exact) mass is 387 g/mol. The Bertz CT molecular complexity index is 878. The van der Waals surface area contributed by atoms with Crippen molar-refractivity contribution >= 4 is 39.1 Å². The lowest BCUT2D eigenvalue weighted by Crippen LogP contribution is -2.37. The van der Waals surface area contributed by atoms with Crippen molar-refractivity contribution in [1.82, 2.24) is 15.2 Å². The SMILES string of the molecule is C[C@@H](NCC(=O)N(C)[C@@H](C)c1nc2ccccc2s1)c1cccc(Cl)c1. The van der Waals surface area contributed by atoms with Crippen LogP contribution in [0.25, 0.3) is 10.2 Å². The topological polar surface area (TPSA) is 45.2 Å². The average Bonchev–Trinajstić information content (AvgIpc) is 3.08. The number of hydrogen-bond donors (Lipinski definition) is 1. The molecule has 136 valence electrons. The number of nitrogens with one attached hydrogen (secondary N) is 1. The van der Waals surface area contributed by atoms with E-state index in [2.05, 4.69) is 16.4 Å². The first-order valence-corrected chi connectivity index (χ1v) is 9.75. The Labute approximate surface area is 162 Å². The molecule has 0 spiro atoms. The third-order valence-corrected chi connectivity index (χ3v) is 5.99. The van der Waals surface area contributed by atoms with Gasteiger partial charge < -0.3 is 10.2 Å². The largest absolute Gasteiger partial charge is 0.335 e. The predicted molar refractivity (Wildman–Crippen MR) is 109 cm³/mol. The highest BCUT2D eigenvalue weighted by Gasteiger charge is 2.21. The van der Waals surface area contributed by atoms with Crippen LogP contribution in [0.2, 0.25) is 5.02 Å². The minimum atomic E-state index is -0.0665. The predicted octanol–water partition coefficient (Wildman–Crippen LogP) is 4.82. The Kier molecular flexibility index (Phi) is 5.91. The van der Waals surface area contributed by atoms with Crippen LogP contribution in [0.3, 0.4) is 0 Å². The molecular formula is C20H22ClN3OS. The maximum absolute atomic E-state index is 12.6. The van der Waals surface area contributed by atoms with Gasteiger partial charge in [0, 0.05) is 18.1 Å². The smallest absolute Gasteiger partial charge is 0.236 e. The molecule has 3 aromatic rings. The van der Waals surface area contributed by atoms with Crippen molar-refractivity contribution in [2.24, 2.45) is 0 Å². The van der Waals surface area contributed by atoms with Crippen molar-refractivity contribution < 1.29 is 4.79 Å². The molecule has 2 atom stereocenters. The van der Waals surface area contributed by atoms with Crippen LogP contribution in [0.5, 0.6) is 0 Å². The number of para-hydroxylation sites is 1. The maximum Gasteiger partial charge on any atom is 0.236 e. The van der Waals surface area contributed by atoms with Gasteiger partial charge in [-0.1, -0.05) is 35.9 Å². The molecule has 0 saturated carbocycles. The molecule has 3 rings (SSSR count). The van der Waals surface area contributed by atoms with E-state index in [4.69, 9.17) is 11.6 Å². The number of thiazole rings is 1. The van der Waals surface area contributed by atoms with Crippen molar-refractivity contribution in [3.05, 3.63) is 64.1 Å². The van der Waals surface area contributed by atoms with Gasteiger partial charge in [0.1, 0.15) is 5.01 Å². The minimum absolute atomic E-state index is 0.0330. The summed E-state index contributed by atoms with van der Waals surface area (Å²) in [5.74, 6) is 0.0330. The van der Waals surface area contributed by atoms with Crippen LogP contribution in [-0.4, -0.2) is 29.4 Å². The van der Waals surface area contributed by atoms with Gasteiger partial charge in [0.05, 0.1) is 22.8 Å². The lowest BCUT2D eigenvalue weighted by Gasteiger charge is -2.24. The van der Waals surface area contributed by atoms with E-state index in [1.54, 1.807) is 16.2 Å². The summed E-state index contributed by atoms with van der Waals surface area (Å²) in [6.45, 7) is 4.30. The van der Waals surface area contributed by atoms with Gasteiger partial charge in [0.2, 0.25) is 5.91 Å². The van der Waals surface area contributed by atoms with Gasteiger partial charge >= 0.3 is 0 Å². The minimum Gasteiger partial charge on any atom is -0.335 e. The lowest BCUT2D eigenvalue weighted by atomic mass is 10.1. The average molecular weight is 388 g/mol. The van der Waals surface area contributed by atoms with Crippen molar-refractivity contribution in [3.63, 3.8) is 0 Å². The zero-order chi connectivity index (χ0) is 18.7. The maximum atomic E-state index is 12.6. The number of nitrogens with zero attached hydrogens (tertiary/aromatic N) is 2. The number of rotatable bonds is 6. The van der Waals surface area contributed by atoms with Gasteiger partial charge in [0.15, 0.2) is 0 Å². The van der Waals surface area contributed by atoms with E-state index in [1.807, 2.05) is 63.4 Å². The van der Waals surface area contributed by atoms with Crippen LogP contribution in [0.4, 0.5) is 0 Å². The Morgan fingerprint density at radius 2 is 2.00 bits per heavy atom. The fraction of sp³-hybridized carbons (Fsp3) is 0.300. The molecule has 2 aromatic carbocycles. The normalized spacial score (nSPS) is 13.5. The molecule has 26 heavy (non-hydrogen) atoms. The van der Waals surface area contributed by atoms with Crippen LogP contribution in [0, 0.1) is 0 Å². The van der Waals surface area contributed by atoms with Crippen LogP contribution < -0.4 is 5.32 Å². The molecule has 1 heterocycles. The highest BCUT2D eigenvalue weighted by Crippen LogP contribution is 2.28. The Hall–Kier alpha value is -1.95. The Morgan fingerprint density at radius 3 is 2.73 bits per heavy atom. The van der Waals surface area contributed by atoms with E-state index in [9.17, 15) is 4.79 Å². The third-order valence-electron chi connectivity index (χ3n) is 4.55. The molecule has 0 unspecified atom stereocenters. The molecule has 0 saturated heterocycles. The van der Waals surface area contributed by atoms with Crippen molar-refractivity contribution in [1.29, 1.82) is 0 Å². The highest BCUT2D eigenvalue weighted by atomic mass is 35.5. The number of fused-ring (bicyclic) bond motifs is 1. The molecule has 0 aliphatic carbocycles. The molecule has 6 heteroatoms. The lowest BCUT2D eigenvalue weighted by molar-refractivity contribution is -0.131. The molecule has 0 bridgehead atoms. The summed E-state index contributed by atoms with van der Waals surface area (Å²) in [5.41, 5.74) is 2.04. The Balaban J connectivity index is 1.61. The zero-order valence-electron chi connectivity index (χ0n) is 15.1. The van der Waals surface area contributed by atoms with Crippen LogP contribution in [0.15, 0.2) is 48.5 Å². The van der Waals surface area contributed by atoms with Crippen LogP contribution in [0.1, 0.15) is 36.5 Å². The summed E-state index contributed by atoms with van der Waals surface area (Å²) in [6.07, 6.45) is 0. The zero-order valence-corrected chi connectivity index (χ0v) is 16.6. The number of amides is 1. The summed E-state index contributed by atoms with van der Waals surface area (Å²) in [7, 11) is 1.82. The van der Waals surface area contributed by atoms with Crippen LogP contribution in [-0.2, 0) is 4.79 Å². The number of aromatic nitrogens is 1. The molecule has 4 nitrogen and oxygen atoms in total. The second kappa shape index (κ2) is 8.16. The van der Waals surface area contributed by atoms with E-state index in [-0.39, 0.29) is 24.5 Å². The molecule has 0 fully saturated rings. The van der Waals surface area contributed by atoms with E-state index in [0.717, 1.165) is 20.8 Å². The van der Waals surface area contributed by atoms with E-state index in [0.29, 0.717) is 5.02 Å². The number of carbonyl (C=O) groups excluding carboxylic acids is 1.